The van der Waals surface area contributed by atoms with E-state index in [4.69, 9.17) is 19.4 Å². The highest BCUT2D eigenvalue weighted by atomic mass is 16.3. The number of nitrogens with zero attached hydrogens (tertiary/aromatic N) is 3. The van der Waals surface area contributed by atoms with E-state index in [1.54, 1.807) is 0 Å². The minimum absolute atomic E-state index is 0.590. The molecule has 228 valence electrons. The van der Waals surface area contributed by atoms with Gasteiger partial charge in [-0.15, -0.1) is 0 Å². The average molecular weight is 626 g/mol. The molecule has 0 atom stereocenters. The van der Waals surface area contributed by atoms with Crippen LogP contribution in [0.3, 0.4) is 0 Å². The fraction of sp³-hybridized carbons (Fsp3) is 0. The SMILES string of the molecule is c1ccc(-c2ccccc2-c2nc(-c3ccc4c(c3)oc3ccccc34)nc(-c3cc4c5ccccc5ccc4c4ccccc34)n2)cc1. The minimum Gasteiger partial charge on any atom is -0.456 e. The summed E-state index contributed by atoms with van der Waals surface area (Å²) in [6, 6.07) is 56.9. The zero-order valence-corrected chi connectivity index (χ0v) is 26.3. The van der Waals surface area contributed by atoms with Crippen LogP contribution in [0.5, 0.6) is 0 Å². The molecule has 0 aliphatic heterocycles. The van der Waals surface area contributed by atoms with Gasteiger partial charge in [-0.05, 0) is 67.7 Å². The van der Waals surface area contributed by atoms with E-state index in [1.165, 1.54) is 21.5 Å². The molecule has 2 heterocycles. The van der Waals surface area contributed by atoms with Crippen molar-refractivity contribution in [2.45, 2.75) is 0 Å². The zero-order valence-electron chi connectivity index (χ0n) is 26.3. The molecule has 4 nitrogen and oxygen atoms in total. The monoisotopic (exact) mass is 625 g/mol. The molecule has 0 radical (unpaired) electrons. The molecule has 0 unspecified atom stereocenters. The van der Waals surface area contributed by atoms with Gasteiger partial charge in [0.25, 0.3) is 0 Å². The van der Waals surface area contributed by atoms with Gasteiger partial charge in [0.15, 0.2) is 17.5 Å². The maximum atomic E-state index is 6.30. The molecular formula is C45H27N3O. The number of rotatable bonds is 4. The predicted molar refractivity (Wildman–Crippen MR) is 201 cm³/mol. The van der Waals surface area contributed by atoms with Crippen molar-refractivity contribution in [3.63, 3.8) is 0 Å². The molecule has 0 aliphatic carbocycles. The minimum atomic E-state index is 0.590. The Morgan fingerprint density at radius 2 is 0.898 bits per heavy atom. The van der Waals surface area contributed by atoms with Crippen molar-refractivity contribution in [1.29, 1.82) is 0 Å². The summed E-state index contributed by atoms with van der Waals surface area (Å²) in [5, 5.41) is 9.19. The van der Waals surface area contributed by atoms with Gasteiger partial charge in [0.2, 0.25) is 0 Å². The lowest BCUT2D eigenvalue weighted by Gasteiger charge is -2.15. The van der Waals surface area contributed by atoms with Gasteiger partial charge in [-0.1, -0.05) is 140 Å². The third-order valence-electron chi connectivity index (χ3n) is 9.53. The molecule has 0 amide bonds. The van der Waals surface area contributed by atoms with Crippen LogP contribution in [0.2, 0.25) is 0 Å². The summed E-state index contributed by atoms with van der Waals surface area (Å²) in [6.07, 6.45) is 0. The van der Waals surface area contributed by atoms with Crippen LogP contribution in [-0.4, -0.2) is 15.0 Å². The molecular weight excluding hydrogens is 599 g/mol. The Morgan fingerprint density at radius 3 is 1.76 bits per heavy atom. The van der Waals surface area contributed by atoms with E-state index in [0.717, 1.165) is 60.5 Å². The van der Waals surface area contributed by atoms with Gasteiger partial charge >= 0.3 is 0 Å². The Balaban J connectivity index is 1.27. The van der Waals surface area contributed by atoms with Crippen LogP contribution < -0.4 is 0 Å². The lowest BCUT2D eigenvalue weighted by atomic mass is 9.93. The molecule has 10 aromatic rings. The normalized spacial score (nSPS) is 11.7. The maximum Gasteiger partial charge on any atom is 0.164 e. The zero-order chi connectivity index (χ0) is 32.3. The molecule has 10 rings (SSSR count). The van der Waals surface area contributed by atoms with E-state index >= 15 is 0 Å². The Morgan fingerprint density at radius 1 is 0.306 bits per heavy atom. The number of fused-ring (bicyclic) bond motifs is 8. The van der Waals surface area contributed by atoms with E-state index in [2.05, 4.69) is 127 Å². The number of furan rings is 1. The average Bonchev–Trinajstić information content (AvgIpc) is 3.55. The summed E-state index contributed by atoms with van der Waals surface area (Å²) in [5.41, 5.74) is 6.60. The first-order valence-corrected chi connectivity index (χ1v) is 16.4. The van der Waals surface area contributed by atoms with Gasteiger partial charge in [-0.3, -0.25) is 0 Å². The predicted octanol–water partition coefficient (Wildman–Crippen LogP) is 11.9. The van der Waals surface area contributed by atoms with Crippen molar-refractivity contribution in [2.24, 2.45) is 0 Å². The molecule has 0 fully saturated rings. The quantitative estimate of drug-likeness (QED) is 0.183. The lowest BCUT2D eigenvalue weighted by Crippen LogP contribution is -2.01. The molecule has 4 heteroatoms. The first-order valence-electron chi connectivity index (χ1n) is 16.4. The van der Waals surface area contributed by atoms with Gasteiger partial charge in [-0.2, -0.15) is 0 Å². The van der Waals surface area contributed by atoms with Gasteiger partial charge in [0.1, 0.15) is 11.2 Å². The van der Waals surface area contributed by atoms with E-state index in [9.17, 15) is 0 Å². The summed E-state index contributed by atoms with van der Waals surface area (Å²) in [6.45, 7) is 0. The van der Waals surface area contributed by atoms with E-state index in [1.807, 2.05) is 36.4 Å². The van der Waals surface area contributed by atoms with Gasteiger partial charge in [-0.25, -0.2) is 15.0 Å². The first kappa shape index (κ1) is 27.5. The van der Waals surface area contributed by atoms with Crippen LogP contribution in [0.15, 0.2) is 168 Å². The number of hydrogen-bond donors (Lipinski definition) is 0. The van der Waals surface area contributed by atoms with Crippen molar-refractivity contribution in [3.8, 4) is 45.3 Å². The Labute approximate surface area is 282 Å². The number of aromatic nitrogens is 3. The van der Waals surface area contributed by atoms with E-state index in [-0.39, 0.29) is 0 Å². The van der Waals surface area contributed by atoms with Crippen molar-refractivity contribution in [1.82, 2.24) is 15.0 Å². The lowest BCUT2D eigenvalue weighted by molar-refractivity contribution is 0.669. The second kappa shape index (κ2) is 11.0. The smallest absolute Gasteiger partial charge is 0.164 e. The molecule has 0 saturated heterocycles. The number of hydrogen-bond acceptors (Lipinski definition) is 4. The molecule has 0 aliphatic rings. The van der Waals surface area contributed by atoms with E-state index in [0.29, 0.717) is 17.5 Å². The van der Waals surface area contributed by atoms with Crippen LogP contribution in [0.25, 0.3) is 99.5 Å². The third-order valence-corrected chi connectivity index (χ3v) is 9.53. The van der Waals surface area contributed by atoms with Gasteiger partial charge < -0.3 is 4.42 Å². The van der Waals surface area contributed by atoms with Gasteiger partial charge in [0, 0.05) is 27.5 Å². The van der Waals surface area contributed by atoms with Crippen LogP contribution >= 0.6 is 0 Å². The fourth-order valence-corrected chi connectivity index (χ4v) is 7.20. The first-order chi connectivity index (χ1) is 24.3. The van der Waals surface area contributed by atoms with Crippen LogP contribution in [-0.2, 0) is 0 Å². The molecule has 0 saturated carbocycles. The fourth-order valence-electron chi connectivity index (χ4n) is 7.20. The summed E-state index contributed by atoms with van der Waals surface area (Å²) >= 11 is 0. The summed E-state index contributed by atoms with van der Waals surface area (Å²) < 4.78 is 6.30. The van der Waals surface area contributed by atoms with Crippen molar-refractivity contribution in [2.75, 3.05) is 0 Å². The highest BCUT2D eigenvalue weighted by molar-refractivity contribution is 6.20. The van der Waals surface area contributed by atoms with Gasteiger partial charge in [0.05, 0.1) is 0 Å². The largest absolute Gasteiger partial charge is 0.456 e. The molecule has 0 N–H and O–H groups in total. The summed E-state index contributed by atoms with van der Waals surface area (Å²) in [7, 11) is 0. The van der Waals surface area contributed by atoms with Crippen molar-refractivity contribution < 1.29 is 4.42 Å². The number of para-hydroxylation sites is 1. The second-order valence-corrected chi connectivity index (χ2v) is 12.4. The van der Waals surface area contributed by atoms with Crippen LogP contribution in [0.4, 0.5) is 0 Å². The Hall–Kier alpha value is -6.65. The molecule has 0 bridgehead atoms. The maximum absolute atomic E-state index is 6.30. The third kappa shape index (κ3) is 4.49. The topological polar surface area (TPSA) is 51.8 Å². The molecule has 49 heavy (non-hydrogen) atoms. The van der Waals surface area contributed by atoms with Crippen LogP contribution in [0.1, 0.15) is 0 Å². The van der Waals surface area contributed by atoms with Crippen LogP contribution in [0, 0.1) is 0 Å². The molecule has 0 spiro atoms. The summed E-state index contributed by atoms with van der Waals surface area (Å²) in [4.78, 5) is 15.7. The van der Waals surface area contributed by atoms with Crippen molar-refractivity contribution in [3.05, 3.63) is 164 Å². The van der Waals surface area contributed by atoms with Crippen molar-refractivity contribution >= 4 is 54.3 Å². The highest BCUT2D eigenvalue weighted by Crippen LogP contribution is 2.39. The Bertz CT molecular complexity index is 2890. The van der Waals surface area contributed by atoms with E-state index < -0.39 is 0 Å². The standard InChI is InChI=1S/C45H27N3O/c1-2-12-28(13-3-1)31-15-6-9-20-38(31)44-46-43(30-23-25-37-36-19-10-11-21-41(36)49-42(37)26-30)47-45(48-44)40-27-39-32-16-5-4-14-29(32)22-24-35(39)33-17-7-8-18-34(33)40/h1-27H. The number of benzene rings is 8. The summed E-state index contributed by atoms with van der Waals surface area (Å²) in [5.74, 6) is 1.83. The molecule has 8 aromatic carbocycles. The second-order valence-electron chi connectivity index (χ2n) is 12.4. The molecule has 2 aromatic heterocycles. The highest BCUT2D eigenvalue weighted by Gasteiger charge is 2.19. The Kier molecular flexibility index (Phi) is 6.15.